The van der Waals surface area contributed by atoms with Crippen molar-refractivity contribution >= 4 is 11.9 Å². The molecular weight excluding hydrogens is 310 g/mol. The van der Waals surface area contributed by atoms with E-state index in [1.807, 2.05) is 38.1 Å². The molecule has 24 heavy (non-hydrogen) atoms. The zero-order chi connectivity index (χ0) is 17.7. The number of ether oxygens (including phenoxy) is 1. The van der Waals surface area contributed by atoms with E-state index in [9.17, 15) is 14.7 Å². The van der Waals surface area contributed by atoms with Crippen LogP contribution in [0.5, 0.6) is 5.75 Å². The molecule has 0 radical (unpaired) electrons. The second kappa shape index (κ2) is 8.15. The minimum absolute atomic E-state index is 0.0695. The SMILES string of the molecule is CC(C)Oc1cccc(CC(=O)NC[C@H]2C[C@H](C(=O)O)C[C@H]2O)c1. The predicted molar refractivity (Wildman–Crippen MR) is 88.8 cm³/mol. The average Bonchev–Trinajstić information content (AvgIpc) is 2.86. The molecule has 0 aliphatic heterocycles. The Kier molecular flexibility index (Phi) is 6.20. The van der Waals surface area contributed by atoms with Gasteiger partial charge in [-0.05, 0) is 44.4 Å². The van der Waals surface area contributed by atoms with E-state index in [4.69, 9.17) is 9.84 Å². The highest BCUT2D eigenvalue weighted by atomic mass is 16.5. The van der Waals surface area contributed by atoms with Gasteiger partial charge in [-0.15, -0.1) is 0 Å². The second-order valence-corrected chi connectivity index (χ2v) is 6.63. The molecule has 1 amide bonds. The average molecular weight is 335 g/mol. The van der Waals surface area contributed by atoms with Crippen molar-refractivity contribution in [2.24, 2.45) is 11.8 Å². The fraction of sp³-hybridized carbons (Fsp3) is 0.556. The molecule has 6 heteroatoms. The number of aliphatic carboxylic acids is 1. The maximum absolute atomic E-state index is 12.1. The number of nitrogens with one attached hydrogen (secondary N) is 1. The Bertz CT molecular complexity index is 587. The van der Waals surface area contributed by atoms with Crippen molar-refractivity contribution in [3.05, 3.63) is 29.8 Å². The molecule has 132 valence electrons. The maximum atomic E-state index is 12.1. The fourth-order valence-corrected chi connectivity index (χ4v) is 3.02. The van der Waals surface area contributed by atoms with Crippen LogP contribution in [0.15, 0.2) is 24.3 Å². The van der Waals surface area contributed by atoms with Gasteiger partial charge < -0.3 is 20.3 Å². The molecular formula is C18H25NO5. The van der Waals surface area contributed by atoms with E-state index in [1.54, 1.807) is 0 Å². The molecule has 0 unspecified atom stereocenters. The molecule has 1 aliphatic carbocycles. The highest BCUT2D eigenvalue weighted by Gasteiger charge is 2.36. The summed E-state index contributed by atoms with van der Waals surface area (Å²) in [7, 11) is 0. The van der Waals surface area contributed by atoms with Crippen LogP contribution in [-0.2, 0) is 16.0 Å². The van der Waals surface area contributed by atoms with E-state index in [1.165, 1.54) is 0 Å². The summed E-state index contributed by atoms with van der Waals surface area (Å²) in [4.78, 5) is 23.0. The van der Waals surface area contributed by atoms with Gasteiger partial charge in [-0.3, -0.25) is 9.59 Å². The van der Waals surface area contributed by atoms with E-state index in [0.717, 1.165) is 11.3 Å². The molecule has 2 rings (SSSR count). The lowest BCUT2D eigenvalue weighted by Crippen LogP contribution is -2.33. The van der Waals surface area contributed by atoms with Crippen LogP contribution in [0.3, 0.4) is 0 Å². The van der Waals surface area contributed by atoms with Gasteiger partial charge in [0.15, 0.2) is 0 Å². The molecule has 6 nitrogen and oxygen atoms in total. The first kappa shape index (κ1) is 18.3. The van der Waals surface area contributed by atoms with Crippen molar-refractivity contribution in [1.82, 2.24) is 5.32 Å². The summed E-state index contributed by atoms with van der Waals surface area (Å²) >= 11 is 0. The third-order valence-electron chi connectivity index (χ3n) is 4.20. The molecule has 0 saturated heterocycles. The van der Waals surface area contributed by atoms with E-state index in [0.29, 0.717) is 13.0 Å². The van der Waals surface area contributed by atoms with Crippen LogP contribution in [0.2, 0.25) is 0 Å². The molecule has 1 fully saturated rings. The van der Waals surface area contributed by atoms with E-state index < -0.39 is 18.0 Å². The minimum atomic E-state index is -0.884. The van der Waals surface area contributed by atoms with E-state index >= 15 is 0 Å². The number of hydrogen-bond donors (Lipinski definition) is 3. The number of amides is 1. The Morgan fingerprint density at radius 1 is 1.33 bits per heavy atom. The number of aliphatic hydroxyl groups is 1. The normalized spacial score (nSPS) is 23.2. The molecule has 0 aromatic heterocycles. The number of aliphatic hydroxyl groups excluding tert-OH is 1. The topological polar surface area (TPSA) is 95.9 Å². The van der Waals surface area contributed by atoms with Gasteiger partial charge in [0.2, 0.25) is 5.91 Å². The fourth-order valence-electron chi connectivity index (χ4n) is 3.02. The lowest BCUT2D eigenvalue weighted by atomic mass is 10.0. The summed E-state index contributed by atoms with van der Waals surface area (Å²) in [5.41, 5.74) is 0.848. The van der Waals surface area contributed by atoms with Crippen LogP contribution in [0.4, 0.5) is 0 Å². The highest BCUT2D eigenvalue weighted by Crippen LogP contribution is 2.31. The molecule has 1 aliphatic rings. The summed E-state index contributed by atoms with van der Waals surface area (Å²) in [5, 5.41) is 21.7. The van der Waals surface area contributed by atoms with Gasteiger partial charge in [-0.25, -0.2) is 0 Å². The first-order valence-corrected chi connectivity index (χ1v) is 8.28. The molecule has 0 spiro atoms. The van der Waals surface area contributed by atoms with Crippen molar-refractivity contribution in [3.8, 4) is 5.75 Å². The van der Waals surface area contributed by atoms with E-state index in [-0.39, 0.29) is 30.8 Å². The van der Waals surface area contributed by atoms with Gasteiger partial charge in [-0.2, -0.15) is 0 Å². The van der Waals surface area contributed by atoms with Crippen LogP contribution in [-0.4, -0.2) is 40.8 Å². The van der Waals surface area contributed by atoms with Crippen LogP contribution in [0, 0.1) is 11.8 Å². The van der Waals surface area contributed by atoms with Gasteiger partial charge in [-0.1, -0.05) is 12.1 Å². The summed E-state index contributed by atoms with van der Waals surface area (Å²) in [6.45, 7) is 4.18. The van der Waals surface area contributed by atoms with Gasteiger partial charge in [0.05, 0.1) is 24.5 Å². The number of hydrogen-bond acceptors (Lipinski definition) is 4. The predicted octanol–water partition coefficient (Wildman–Crippen LogP) is 1.60. The molecule has 3 N–H and O–H groups in total. The van der Waals surface area contributed by atoms with Crippen molar-refractivity contribution in [2.45, 2.75) is 45.3 Å². The van der Waals surface area contributed by atoms with Gasteiger partial charge in [0.1, 0.15) is 5.75 Å². The number of benzene rings is 1. The Labute approximate surface area is 141 Å². The van der Waals surface area contributed by atoms with Crippen LogP contribution in [0.1, 0.15) is 32.3 Å². The standard InChI is InChI=1S/C18H25NO5/c1-11(2)24-15-5-3-4-12(6-15)7-17(21)19-10-14-8-13(18(22)23)9-16(14)20/h3-6,11,13-14,16,20H,7-10H2,1-2H3,(H,19,21)(H,22,23)/t13-,14+,16+/m0/s1. The van der Waals surface area contributed by atoms with Crippen LogP contribution in [0.25, 0.3) is 0 Å². The van der Waals surface area contributed by atoms with Gasteiger partial charge in [0.25, 0.3) is 0 Å². The highest BCUT2D eigenvalue weighted by molar-refractivity contribution is 5.78. The van der Waals surface area contributed by atoms with Crippen molar-refractivity contribution in [2.75, 3.05) is 6.54 Å². The third-order valence-corrected chi connectivity index (χ3v) is 4.20. The van der Waals surface area contributed by atoms with Crippen molar-refractivity contribution in [1.29, 1.82) is 0 Å². The van der Waals surface area contributed by atoms with Gasteiger partial charge in [0, 0.05) is 12.5 Å². The number of carbonyl (C=O) groups is 2. The maximum Gasteiger partial charge on any atom is 0.306 e. The van der Waals surface area contributed by atoms with Crippen LogP contribution < -0.4 is 10.1 Å². The van der Waals surface area contributed by atoms with Crippen molar-refractivity contribution < 1.29 is 24.5 Å². The summed E-state index contributed by atoms with van der Waals surface area (Å²) in [6.07, 6.45) is 0.272. The Balaban J connectivity index is 1.82. The molecule has 1 saturated carbocycles. The number of carboxylic acids is 1. The number of carboxylic acid groups (broad SMARTS) is 1. The van der Waals surface area contributed by atoms with Crippen LogP contribution >= 0.6 is 0 Å². The molecule has 0 heterocycles. The molecule has 3 atom stereocenters. The molecule has 1 aromatic carbocycles. The first-order chi connectivity index (χ1) is 11.3. The molecule has 0 bridgehead atoms. The summed E-state index contributed by atoms with van der Waals surface area (Å²) < 4.78 is 5.61. The molecule has 1 aromatic rings. The quantitative estimate of drug-likeness (QED) is 0.703. The monoisotopic (exact) mass is 335 g/mol. The van der Waals surface area contributed by atoms with Crippen molar-refractivity contribution in [3.63, 3.8) is 0 Å². The number of carbonyl (C=O) groups excluding carboxylic acids is 1. The number of rotatable bonds is 7. The van der Waals surface area contributed by atoms with E-state index in [2.05, 4.69) is 5.32 Å². The summed E-state index contributed by atoms with van der Waals surface area (Å²) in [6, 6.07) is 7.39. The Morgan fingerprint density at radius 2 is 2.08 bits per heavy atom. The summed E-state index contributed by atoms with van der Waals surface area (Å²) in [5.74, 6) is -1.03. The third kappa shape index (κ3) is 5.23. The second-order valence-electron chi connectivity index (χ2n) is 6.63. The largest absolute Gasteiger partial charge is 0.491 e. The van der Waals surface area contributed by atoms with Gasteiger partial charge >= 0.3 is 5.97 Å². The lowest BCUT2D eigenvalue weighted by molar-refractivity contribution is -0.141. The Hall–Kier alpha value is -2.08. The lowest BCUT2D eigenvalue weighted by Gasteiger charge is -2.15. The zero-order valence-electron chi connectivity index (χ0n) is 14.1. The zero-order valence-corrected chi connectivity index (χ0v) is 14.1. The Morgan fingerprint density at radius 3 is 2.71 bits per heavy atom. The minimum Gasteiger partial charge on any atom is -0.491 e. The first-order valence-electron chi connectivity index (χ1n) is 8.28. The smallest absolute Gasteiger partial charge is 0.306 e.